The van der Waals surface area contributed by atoms with Gasteiger partial charge in [-0.25, -0.2) is 0 Å². The zero-order chi connectivity index (χ0) is 19.2. The van der Waals surface area contributed by atoms with Crippen molar-refractivity contribution < 1.29 is 14.3 Å². The molecule has 0 aliphatic heterocycles. The topological polar surface area (TPSA) is 67.4 Å². The highest BCUT2D eigenvalue weighted by atomic mass is 32.1. The number of hydrogen-bond acceptors (Lipinski definition) is 5. The van der Waals surface area contributed by atoms with Crippen LogP contribution in [0.25, 0.3) is 9.75 Å². The highest BCUT2D eigenvalue weighted by Gasteiger charge is 2.15. The van der Waals surface area contributed by atoms with Gasteiger partial charge < -0.3 is 15.4 Å². The van der Waals surface area contributed by atoms with Crippen LogP contribution in [0.15, 0.2) is 47.8 Å². The minimum atomic E-state index is -0.704. The molecule has 0 spiro atoms. The third-order valence-corrected chi connectivity index (χ3v) is 6.10. The van der Waals surface area contributed by atoms with Crippen LogP contribution in [0, 0.1) is 6.92 Å². The molecular weight excluding hydrogens is 380 g/mol. The number of carbonyl (C=O) groups excluding carboxylic acids is 2. The van der Waals surface area contributed by atoms with Crippen LogP contribution in [0.4, 0.5) is 5.69 Å². The van der Waals surface area contributed by atoms with E-state index in [1.54, 1.807) is 34.8 Å². The molecule has 2 heterocycles. The van der Waals surface area contributed by atoms with Gasteiger partial charge in [0.15, 0.2) is 0 Å². The fourth-order valence-corrected chi connectivity index (χ4v) is 4.38. The van der Waals surface area contributed by atoms with Crippen LogP contribution in [-0.2, 0) is 16.0 Å². The van der Waals surface area contributed by atoms with E-state index in [4.69, 9.17) is 4.74 Å². The molecule has 0 saturated heterocycles. The fraction of sp³-hybridized carbons (Fsp3) is 0.200. The zero-order valence-corrected chi connectivity index (χ0v) is 16.7. The van der Waals surface area contributed by atoms with Gasteiger partial charge in [0.05, 0.1) is 12.8 Å². The van der Waals surface area contributed by atoms with Gasteiger partial charge in [0, 0.05) is 21.2 Å². The van der Waals surface area contributed by atoms with Crippen LogP contribution in [0.2, 0.25) is 0 Å². The monoisotopic (exact) mass is 400 g/mol. The summed E-state index contributed by atoms with van der Waals surface area (Å²) in [5, 5.41) is 7.32. The lowest BCUT2D eigenvalue weighted by Crippen LogP contribution is -2.36. The second-order valence-corrected chi connectivity index (χ2v) is 8.02. The number of ether oxygens (including phenoxy) is 1. The predicted octanol–water partition coefficient (Wildman–Crippen LogP) is 4.09. The first kappa shape index (κ1) is 19.1. The summed E-state index contributed by atoms with van der Waals surface area (Å²) in [4.78, 5) is 27.8. The first-order valence-corrected chi connectivity index (χ1v) is 10.1. The summed E-state index contributed by atoms with van der Waals surface area (Å²) in [6, 6.07) is 13.7. The van der Waals surface area contributed by atoms with Crippen LogP contribution in [0.1, 0.15) is 10.4 Å². The molecule has 2 amide bonds. The quantitative estimate of drug-likeness (QED) is 0.613. The van der Waals surface area contributed by atoms with Crippen molar-refractivity contribution in [3.05, 3.63) is 58.3 Å². The summed E-state index contributed by atoms with van der Waals surface area (Å²) >= 11 is 3.41. The molecule has 0 aliphatic rings. The second-order valence-electron chi connectivity index (χ2n) is 5.91. The zero-order valence-electron chi connectivity index (χ0n) is 15.1. The maximum atomic E-state index is 12.1. The van der Waals surface area contributed by atoms with Crippen LogP contribution >= 0.6 is 22.7 Å². The lowest BCUT2D eigenvalue weighted by atomic mass is 10.2. The molecule has 3 aromatic rings. The number of methoxy groups -OCH3 is 1. The molecule has 0 aliphatic carbocycles. The lowest BCUT2D eigenvalue weighted by molar-refractivity contribution is -0.136. The molecule has 5 nitrogen and oxygen atoms in total. The van der Waals surface area contributed by atoms with Gasteiger partial charge in [-0.3, -0.25) is 9.59 Å². The number of aryl methyl sites for hydroxylation is 1. The lowest BCUT2D eigenvalue weighted by Gasteiger charge is -2.11. The number of thiophene rings is 2. The van der Waals surface area contributed by atoms with E-state index in [1.807, 2.05) is 19.1 Å². The number of rotatable bonds is 6. The Labute approximate surface area is 166 Å². The van der Waals surface area contributed by atoms with E-state index in [9.17, 15) is 9.59 Å². The summed E-state index contributed by atoms with van der Waals surface area (Å²) < 4.78 is 5.21. The third-order valence-electron chi connectivity index (χ3n) is 3.89. The van der Waals surface area contributed by atoms with E-state index >= 15 is 0 Å². The van der Waals surface area contributed by atoms with Gasteiger partial charge in [-0.2, -0.15) is 0 Å². The summed E-state index contributed by atoms with van der Waals surface area (Å²) in [5.41, 5.74) is 1.45. The Bertz CT molecular complexity index is 933. The SMILES string of the molecule is COc1ccc(C)cc1NC(=O)C(=O)NCCc1ccc(-c2cccs2)s1. The highest BCUT2D eigenvalue weighted by molar-refractivity contribution is 7.21. The van der Waals surface area contributed by atoms with E-state index in [2.05, 4.69) is 34.2 Å². The first-order valence-electron chi connectivity index (χ1n) is 8.43. The van der Waals surface area contributed by atoms with E-state index < -0.39 is 11.8 Å². The molecule has 0 unspecified atom stereocenters. The molecule has 0 radical (unpaired) electrons. The molecule has 7 heteroatoms. The smallest absolute Gasteiger partial charge is 0.313 e. The van der Waals surface area contributed by atoms with Crippen molar-refractivity contribution in [3.63, 3.8) is 0 Å². The number of hydrogen-bond donors (Lipinski definition) is 2. The van der Waals surface area contributed by atoms with E-state index in [-0.39, 0.29) is 0 Å². The standard InChI is InChI=1S/C20H20N2O3S2/c1-13-5-7-16(25-2)15(12-13)22-20(24)19(23)21-10-9-14-6-8-18(27-14)17-4-3-11-26-17/h3-8,11-12H,9-10H2,1-2H3,(H,21,23)(H,22,24). The molecule has 140 valence electrons. The van der Waals surface area contributed by atoms with Crippen LogP contribution < -0.4 is 15.4 Å². The van der Waals surface area contributed by atoms with Crippen LogP contribution in [0.5, 0.6) is 5.75 Å². The minimum absolute atomic E-state index is 0.404. The summed E-state index contributed by atoms with van der Waals surface area (Å²) in [6.07, 6.45) is 0.683. The Morgan fingerprint density at radius 3 is 2.67 bits per heavy atom. The summed E-state index contributed by atoms with van der Waals surface area (Å²) in [6.45, 7) is 2.31. The van der Waals surface area contributed by atoms with Gasteiger partial charge >= 0.3 is 11.8 Å². The molecule has 0 saturated carbocycles. The van der Waals surface area contributed by atoms with Gasteiger partial charge in [-0.05, 0) is 54.6 Å². The predicted molar refractivity (Wildman–Crippen MR) is 111 cm³/mol. The molecule has 2 aromatic heterocycles. The van der Waals surface area contributed by atoms with Gasteiger partial charge in [0.2, 0.25) is 0 Å². The van der Waals surface area contributed by atoms with Gasteiger partial charge in [0.25, 0.3) is 0 Å². The van der Waals surface area contributed by atoms with Crippen LogP contribution in [-0.4, -0.2) is 25.5 Å². The fourth-order valence-electron chi connectivity index (χ4n) is 2.54. The highest BCUT2D eigenvalue weighted by Crippen LogP contribution is 2.31. The maximum absolute atomic E-state index is 12.1. The third kappa shape index (κ3) is 4.96. The Kier molecular flexibility index (Phi) is 6.26. The molecular formula is C20H20N2O3S2. The van der Waals surface area contributed by atoms with Gasteiger partial charge in [0.1, 0.15) is 5.75 Å². The Morgan fingerprint density at radius 2 is 1.93 bits per heavy atom. The Hall–Kier alpha value is -2.64. The first-order chi connectivity index (χ1) is 13.1. The molecule has 3 rings (SSSR count). The normalized spacial score (nSPS) is 10.4. The summed E-state index contributed by atoms with van der Waals surface area (Å²) in [7, 11) is 1.52. The summed E-state index contributed by atoms with van der Waals surface area (Å²) in [5.74, 6) is -0.848. The van der Waals surface area contributed by atoms with E-state index in [1.165, 1.54) is 21.7 Å². The molecule has 27 heavy (non-hydrogen) atoms. The van der Waals surface area contributed by atoms with Crippen molar-refractivity contribution >= 4 is 40.2 Å². The number of anilines is 1. The average molecular weight is 401 g/mol. The van der Waals surface area contributed by atoms with Crippen molar-refractivity contribution in [1.82, 2.24) is 5.32 Å². The maximum Gasteiger partial charge on any atom is 0.313 e. The largest absolute Gasteiger partial charge is 0.495 e. The Balaban J connectivity index is 1.51. The molecule has 0 fully saturated rings. The molecule has 2 N–H and O–H groups in total. The number of carbonyl (C=O) groups is 2. The van der Waals surface area contributed by atoms with Crippen LogP contribution in [0.3, 0.4) is 0 Å². The minimum Gasteiger partial charge on any atom is -0.495 e. The van der Waals surface area contributed by atoms with Gasteiger partial charge in [-0.1, -0.05) is 12.1 Å². The van der Waals surface area contributed by atoms with Crippen molar-refractivity contribution in [2.75, 3.05) is 19.0 Å². The van der Waals surface area contributed by atoms with Gasteiger partial charge in [-0.15, -0.1) is 22.7 Å². The average Bonchev–Trinajstić information content (AvgIpc) is 3.33. The molecule has 0 bridgehead atoms. The molecule has 1 aromatic carbocycles. The Morgan fingerprint density at radius 1 is 1.07 bits per heavy atom. The van der Waals surface area contributed by atoms with E-state index in [0.717, 1.165) is 5.56 Å². The number of nitrogens with one attached hydrogen (secondary N) is 2. The van der Waals surface area contributed by atoms with Crippen molar-refractivity contribution in [2.24, 2.45) is 0 Å². The van der Waals surface area contributed by atoms with Crippen molar-refractivity contribution in [2.45, 2.75) is 13.3 Å². The van der Waals surface area contributed by atoms with Crippen molar-refractivity contribution in [3.8, 4) is 15.5 Å². The van der Waals surface area contributed by atoms with E-state index in [0.29, 0.717) is 24.4 Å². The second kappa shape index (κ2) is 8.83. The number of benzene rings is 1. The molecule has 0 atom stereocenters. The van der Waals surface area contributed by atoms with Crippen molar-refractivity contribution in [1.29, 1.82) is 0 Å². The number of amides is 2.